The average molecular weight is 204 g/mol. The zero-order valence-corrected chi connectivity index (χ0v) is 9.34. The number of hydrogen-bond acceptors (Lipinski definition) is 1. The summed E-state index contributed by atoms with van der Waals surface area (Å²) < 4.78 is 0. The summed E-state index contributed by atoms with van der Waals surface area (Å²) in [4.78, 5) is 0. The van der Waals surface area contributed by atoms with Crippen LogP contribution in [-0.2, 0) is 0 Å². The minimum atomic E-state index is 0.0361. The average Bonchev–Trinajstić information content (AvgIpc) is 2.94. The Hall–Kier alpha value is -0.300. The molecule has 1 N–H and O–H groups in total. The second-order valence-corrected chi connectivity index (χ2v) is 6.23. The molecule has 0 radical (unpaired) electrons. The first-order valence-electron chi connectivity index (χ1n) is 6.67. The number of aliphatic hydroxyl groups is 1. The highest BCUT2D eigenvalue weighted by Gasteiger charge is 2.63. The molecule has 0 aromatic rings. The largest absolute Gasteiger partial charge is 0.393 e. The lowest BCUT2D eigenvalue weighted by Gasteiger charge is -2.39. The summed E-state index contributed by atoms with van der Waals surface area (Å²) in [7, 11) is 0. The minimum absolute atomic E-state index is 0.0361. The van der Waals surface area contributed by atoms with E-state index in [0.29, 0.717) is 11.8 Å². The molecule has 4 rings (SSSR count). The van der Waals surface area contributed by atoms with Crippen LogP contribution in [0.3, 0.4) is 0 Å². The van der Waals surface area contributed by atoms with Crippen LogP contribution in [-0.4, -0.2) is 11.2 Å². The van der Waals surface area contributed by atoms with Crippen molar-refractivity contribution in [3.05, 3.63) is 12.2 Å². The van der Waals surface area contributed by atoms with E-state index in [1.165, 1.54) is 19.3 Å². The molecule has 0 saturated heterocycles. The van der Waals surface area contributed by atoms with E-state index in [-0.39, 0.29) is 6.10 Å². The van der Waals surface area contributed by atoms with Crippen molar-refractivity contribution >= 4 is 0 Å². The van der Waals surface area contributed by atoms with E-state index >= 15 is 0 Å². The smallest absolute Gasteiger partial charge is 0.0602 e. The highest BCUT2D eigenvalue weighted by molar-refractivity contribution is 5.22. The summed E-state index contributed by atoms with van der Waals surface area (Å²) in [6.07, 6.45) is 8.89. The second kappa shape index (κ2) is 2.68. The molecule has 4 aliphatic rings. The van der Waals surface area contributed by atoms with E-state index in [4.69, 9.17) is 0 Å². The van der Waals surface area contributed by atoms with E-state index < -0.39 is 0 Å². The normalized spacial score (nSPS) is 64.1. The molecule has 8 atom stereocenters. The van der Waals surface area contributed by atoms with Gasteiger partial charge < -0.3 is 5.11 Å². The van der Waals surface area contributed by atoms with Gasteiger partial charge in [-0.2, -0.15) is 0 Å². The summed E-state index contributed by atoms with van der Waals surface area (Å²) in [6, 6.07) is 0. The van der Waals surface area contributed by atoms with E-state index in [2.05, 4.69) is 19.1 Å². The lowest BCUT2D eigenvalue weighted by atomic mass is 9.67. The standard InChI is InChI=1S/C14H20O/c1-2-9-10-6-11(14(9)15)13-8-4-3-7(5-8)12(10)13/h3-4,7-15H,2,5-6H2,1H3. The molecule has 4 bridgehead atoms. The third-order valence-electron chi connectivity index (χ3n) is 6.01. The van der Waals surface area contributed by atoms with Gasteiger partial charge in [-0.1, -0.05) is 25.5 Å². The van der Waals surface area contributed by atoms with Crippen molar-refractivity contribution in [2.24, 2.45) is 41.4 Å². The fourth-order valence-corrected chi connectivity index (χ4v) is 5.68. The summed E-state index contributed by atoms with van der Waals surface area (Å²) in [5, 5.41) is 10.3. The topological polar surface area (TPSA) is 20.2 Å². The third kappa shape index (κ3) is 0.860. The number of aliphatic hydroxyl groups excluding tert-OH is 1. The Morgan fingerprint density at radius 1 is 1.07 bits per heavy atom. The lowest BCUT2D eigenvalue weighted by molar-refractivity contribution is -0.00222. The van der Waals surface area contributed by atoms with Gasteiger partial charge in [0.15, 0.2) is 0 Å². The molecule has 1 heteroatoms. The number of allylic oxidation sites excluding steroid dienone is 2. The number of fused-ring (bicyclic) bond motifs is 9. The summed E-state index contributed by atoms with van der Waals surface area (Å²) in [6.45, 7) is 2.26. The van der Waals surface area contributed by atoms with Gasteiger partial charge in [0.2, 0.25) is 0 Å². The van der Waals surface area contributed by atoms with Crippen LogP contribution in [0.4, 0.5) is 0 Å². The zero-order chi connectivity index (χ0) is 10.2. The number of rotatable bonds is 1. The fraction of sp³-hybridized carbons (Fsp3) is 0.857. The number of hydrogen-bond donors (Lipinski definition) is 1. The molecule has 0 aromatic heterocycles. The van der Waals surface area contributed by atoms with Crippen LogP contribution in [0, 0.1) is 41.4 Å². The molecule has 1 nitrogen and oxygen atoms in total. The van der Waals surface area contributed by atoms with Gasteiger partial charge >= 0.3 is 0 Å². The molecule has 0 aliphatic heterocycles. The first kappa shape index (κ1) is 8.81. The lowest BCUT2D eigenvalue weighted by Crippen LogP contribution is -2.39. The van der Waals surface area contributed by atoms with Crippen LogP contribution >= 0.6 is 0 Å². The summed E-state index contributed by atoms with van der Waals surface area (Å²) in [5.41, 5.74) is 0. The van der Waals surface area contributed by atoms with Gasteiger partial charge in [0.05, 0.1) is 6.10 Å². The van der Waals surface area contributed by atoms with E-state index in [0.717, 1.165) is 29.6 Å². The van der Waals surface area contributed by atoms with Crippen molar-refractivity contribution in [2.75, 3.05) is 0 Å². The SMILES string of the molecule is CCC1C(O)C2CC1C1C3C=CC(C3)C21. The van der Waals surface area contributed by atoms with Crippen LogP contribution in [0.5, 0.6) is 0 Å². The van der Waals surface area contributed by atoms with Gasteiger partial charge in [-0.05, 0) is 54.3 Å². The van der Waals surface area contributed by atoms with Gasteiger partial charge in [-0.15, -0.1) is 0 Å². The highest BCUT2D eigenvalue weighted by atomic mass is 16.3. The molecule has 0 heterocycles. The molecule has 82 valence electrons. The third-order valence-corrected chi connectivity index (χ3v) is 6.01. The van der Waals surface area contributed by atoms with Crippen LogP contribution in [0.15, 0.2) is 12.2 Å². The quantitative estimate of drug-likeness (QED) is 0.514. The van der Waals surface area contributed by atoms with Crippen LogP contribution in [0.25, 0.3) is 0 Å². The molecular formula is C14H20O. The van der Waals surface area contributed by atoms with Gasteiger partial charge in [-0.25, -0.2) is 0 Å². The maximum atomic E-state index is 10.3. The van der Waals surface area contributed by atoms with Gasteiger partial charge in [-0.3, -0.25) is 0 Å². The zero-order valence-electron chi connectivity index (χ0n) is 9.34. The maximum Gasteiger partial charge on any atom is 0.0602 e. The van der Waals surface area contributed by atoms with Crippen LogP contribution < -0.4 is 0 Å². The predicted molar refractivity (Wildman–Crippen MR) is 59.1 cm³/mol. The van der Waals surface area contributed by atoms with Crippen molar-refractivity contribution in [3.63, 3.8) is 0 Å². The van der Waals surface area contributed by atoms with Crippen molar-refractivity contribution in [2.45, 2.75) is 32.3 Å². The molecule has 0 amide bonds. The molecule has 0 spiro atoms. The predicted octanol–water partition coefficient (Wildman–Crippen LogP) is 2.46. The van der Waals surface area contributed by atoms with Gasteiger partial charge in [0.25, 0.3) is 0 Å². The second-order valence-electron chi connectivity index (χ2n) is 6.23. The van der Waals surface area contributed by atoms with E-state index in [9.17, 15) is 5.11 Å². The monoisotopic (exact) mass is 204 g/mol. The molecule has 15 heavy (non-hydrogen) atoms. The Bertz CT molecular complexity index is 321. The van der Waals surface area contributed by atoms with E-state index in [1.807, 2.05) is 0 Å². The van der Waals surface area contributed by atoms with Gasteiger partial charge in [0, 0.05) is 0 Å². The Kier molecular flexibility index (Phi) is 1.58. The molecule has 3 fully saturated rings. The highest BCUT2D eigenvalue weighted by Crippen LogP contribution is 2.67. The Labute approximate surface area is 91.6 Å². The Morgan fingerprint density at radius 2 is 1.73 bits per heavy atom. The van der Waals surface area contributed by atoms with Crippen molar-refractivity contribution in [1.82, 2.24) is 0 Å². The van der Waals surface area contributed by atoms with Crippen LogP contribution in [0.2, 0.25) is 0 Å². The summed E-state index contributed by atoms with van der Waals surface area (Å²) in [5.74, 6) is 5.69. The van der Waals surface area contributed by atoms with Crippen molar-refractivity contribution in [3.8, 4) is 0 Å². The maximum absolute atomic E-state index is 10.3. The fourth-order valence-electron chi connectivity index (χ4n) is 5.68. The first-order valence-corrected chi connectivity index (χ1v) is 6.67. The molecular weight excluding hydrogens is 184 g/mol. The molecule has 8 unspecified atom stereocenters. The van der Waals surface area contributed by atoms with Crippen molar-refractivity contribution in [1.29, 1.82) is 0 Å². The molecule has 3 saturated carbocycles. The van der Waals surface area contributed by atoms with Gasteiger partial charge in [0.1, 0.15) is 0 Å². The Balaban J connectivity index is 1.73. The Morgan fingerprint density at radius 3 is 2.40 bits per heavy atom. The molecule has 0 aromatic carbocycles. The minimum Gasteiger partial charge on any atom is -0.393 e. The van der Waals surface area contributed by atoms with Crippen LogP contribution in [0.1, 0.15) is 26.2 Å². The summed E-state index contributed by atoms with van der Waals surface area (Å²) >= 11 is 0. The van der Waals surface area contributed by atoms with E-state index in [1.54, 1.807) is 0 Å². The van der Waals surface area contributed by atoms with Crippen molar-refractivity contribution < 1.29 is 5.11 Å². The first-order chi connectivity index (χ1) is 7.31. The molecule has 4 aliphatic carbocycles.